The van der Waals surface area contributed by atoms with Crippen LogP contribution in [-0.2, 0) is 30.4 Å². The zero-order chi connectivity index (χ0) is 29.7. The smallest absolute Gasteiger partial charge is 0.326 e. The van der Waals surface area contributed by atoms with Crippen LogP contribution in [0.4, 0.5) is 0 Å². The molecule has 9 N–H and O–H groups in total. The molecule has 12 nitrogen and oxygen atoms in total. The highest BCUT2D eigenvalue weighted by Crippen LogP contribution is 2.19. The first-order valence-electron chi connectivity index (χ1n) is 12.8. The fourth-order valence-corrected chi connectivity index (χ4v) is 4.94. The SMILES string of the molecule is CSCCC(N)C(=O)NC(CCSC)C(=O)NC(Cc1c[nH]c2ccccc12)C(=O)NC(CCC(N)=O)C(=O)O. The van der Waals surface area contributed by atoms with Gasteiger partial charge in [-0.05, 0) is 54.9 Å². The third kappa shape index (κ3) is 10.4. The second-order valence-electron chi connectivity index (χ2n) is 9.26. The standard InChI is InChI=1S/C26H38N6O6S2/c1-39-11-9-17(27)23(34)30-19(10-12-40-2)24(35)32-21(13-15-14-29-18-6-4-3-5-16(15)18)25(36)31-20(26(37)38)7-8-22(28)33/h3-6,14,17,19-21,29H,7-13,27H2,1-2H3,(H2,28,33)(H,30,34)(H,31,36)(H,32,35)(H,37,38). The summed E-state index contributed by atoms with van der Waals surface area (Å²) in [5, 5.41) is 18.2. The number of nitrogens with two attached hydrogens (primary N) is 2. The van der Waals surface area contributed by atoms with E-state index in [2.05, 4.69) is 20.9 Å². The fraction of sp³-hybridized carbons (Fsp3) is 0.500. The van der Waals surface area contributed by atoms with Crippen LogP contribution in [-0.4, -0.2) is 87.9 Å². The number of nitrogens with one attached hydrogen (secondary N) is 4. The minimum atomic E-state index is -1.39. The molecule has 0 aliphatic heterocycles. The summed E-state index contributed by atoms with van der Waals surface area (Å²) in [7, 11) is 0. The van der Waals surface area contributed by atoms with Gasteiger partial charge in [-0.3, -0.25) is 19.2 Å². The van der Waals surface area contributed by atoms with Crippen LogP contribution in [0.15, 0.2) is 30.5 Å². The Bertz CT molecular complexity index is 1180. The van der Waals surface area contributed by atoms with Crippen LogP contribution in [0.1, 0.15) is 31.2 Å². The van der Waals surface area contributed by atoms with Gasteiger partial charge in [0.15, 0.2) is 0 Å². The van der Waals surface area contributed by atoms with Gasteiger partial charge < -0.3 is 37.5 Å². The van der Waals surface area contributed by atoms with Gasteiger partial charge in [-0.2, -0.15) is 23.5 Å². The Balaban J connectivity index is 2.29. The van der Waals surface area contributed by atoms with Crippen LogP contribution < -0.4 is 27.4 Å². The number of aromatic nitrogens is 1. The van der Waals surface area contributed by atoms with E-state index in [0.29, 0.717) is 24.3 Å². The number of benzene rings is 1. The van der Waals surface area contributed by atoms with Crippen LogP contribution >= 0.6 is 23.5 Å². The maximum absolute atomic E-state index is 13.4. The van der Waals surface area contributed by atoms with Gasteiger partial charge in [-0.15, -0.1) is 0 Å². The number of rotatable bonds is 18. The average Bonchev–Trinajstić information content (AvgIpc) is 3.33. The van der Waals surface area contributed by atoms with E-state index in [1.165, 1.54) is 11.8 Å². The molecule has 1 heterocycles. The van der Waals surface area contributed by atoms with Crippen molar-refractivity contribution in [3.8, 4) is 0 Å². The van der Waals surface area contributed by atoms with E-state index in [4.69, 9.17) is 11.5 Å². The predicted molar refractivity (Wildman–Crippen MR) is 158 cm³/mol. The molecule has 1 aromatic heterocycles. The summed E-state index contributed by atoms with van der Waals surface area (Å²) in [6, 6.07) is 3.12. The number of primary amides is 1. The highest BCUT2D eigenvalue weighted by Gasteiger charge is 2.31. The van der Waals surface area contributed by atoms with Gasteiger partial charge in [-0.25, -0.2) is 4.79 Å². The average molecular weight is 595 g/mol. The highest BCUT2D eigenvalue weighted by molar-refractivity contribution is 7.98. The summed E-state index contributed by atoms with van der Waals surface area (Å²) in [6.07, 6.45) is 5.83. The largest absolute Gasteiger partial charge is 0.480 e. The fourth-order valence-electron chi connectivity index (χ4n) is 3.98. The van der Waals surface area contributed by atoms with Crippen LogP contribution in [0, 0.1) is 0 Å². The zero-order valence-electron chi connectivity index (χ0n) is 22.6. The van der Waals surface area contributed by atoms with E-state index in [0.717, 1.165) is 16.5 Å². The van der Waals surface area contributed by atoms with Gasteiger partial charge in [0, 0.05) is 29.9 Å². The number of para-hydroxylation sites is 1. The van der Waals surface area contributed by atoms with E-state index in [1.54, 1.807) is 18.0 Å². The summed E-state index contributed by atoms with van der Waals surface area (Å²) >= 11 is 3.05. The van der Waals surface area contributed by atoms with Crippen molar-refractivity contribution in [2.24, 2.45) is 11.5 Å². The number of hydrogen-bond donors (Lipinski definition) is 7. The molecule has 4 unspecified atom stereocenters. The lowest BCUT2D eigenvalue weighted by atomic mass is 10.0. The van der Waals surface area contributed by atoms with Crippen LogP contribution in [0.2, 0.25) is 0 Å². The first-order valence-corrected chi connectivity index (χ1v) is 15.6. The van der Waals surface area contributed by atoms with Gasteiger partial charge in [0.1, 0.15) is 18.1 Å². The monoisotopic (exact) mass is 594 g/mol. The van der Waals surface area contributed by atoms with Gasteiger partial charge in [0.25, 0.3) is 0 Å². The van der Waals surface area contributed by atoms with Crippen molar-refractivity contribution in [3.05, 3.63) is 36.0 Å². The quantitative estimate of drug-likeness (QED) is 0.127. The number of aliphatic carboxylic acids is 1. The number of carbonyl (C=O) groups is 5. The second kappa shape index (κ2) is 16.8. The van der Waals surface area contributed by atoms with Crippen LogP contribution in [0.3, 0.4) is 0 Å². The van der Waals surface area contributed by atoms with Crippen LogP contribution in [0.5, 0.6) is 0 Å². The summed E-state index contributed by atoms with van der Waals surface area (Å²) in [5.74, 6) is -2.60. The maximum Gasteiger partial charge on any atom is 0.326 e. The first-order chi connectivity index (χ1) is 19.1. The molecule has 0 saturated carbocycles. The predicted octanol–water partition coefficient (Wildman–Crippen LogP) is 0.348. The van der Waals surface area contributed by atoms with Gasteiger partial charge in [0.05, 0.1) is 6.04 Å². The molecule has 1 aromatic carbocycles. The second-order valence-corrected chi connectivity index (χ2v) is 11.2. The Morgan fingerprint density at radius 1 is 0.875 bits per heavy atom. The highest BCUT2D eigenvalue weighted by atomic mass is 32.2. The number of fused-ring (bicyclic) bond motifs is 1. The molecule has 0 saturated heterocycles. The number of carboxylic acids is 1. The van der Waals surface area contributed by atoms with Crippen molar-refractivity contribution >= 4 is 64.0 Å². The molecule has 0 aliphatic rings. The van der Waals surface area contributed by atoms with Gasteiger partial charge >= 0.3 is 5.97 Å². The van der Waals surface area contributed by atoms with Crippen molar-refractivity contribution < 1.29 is 29.1 Å². The Morgan fingerprint density at radius 3 is 2.12 bits per heavy atom. The van der Waals surface area contributed by atoms with Crippen molar-refractivity contribution in [1.82, 2.24) is 20.9 Å². The number of carbonyl (C=O) groups excluding carboxylic acids is 4. The van der Waals surface area contributed by atoms with Crippen molar-refractivity contribution in [1.29, 1.82) is 0 Å². The van der Waals surface area contributed by atoms with Crippen molar-refractivity contribution in [2.75, 3.05) is 24.0 Å². The van der Waals surface area contributed by atoms with E-state index >= 15 is 0 Å². The third-order valence-corrected chi connectivity index (χ3v) is 7.53. The Kier molecular flexibility index (Phi) is 13.8. The van der Waals surface area contributed by atoms with Crippen molar-refractivity contribution in [3.63, 3.8) is 0 Å². The Morgan fingerprint density at radius 2 is 1.48 bits per heavy atom. The summed E-state index contributed by atoms with van der Waals surface area (Å²) < 4.78 is 0. The molecule has 14 heteroatoms. The van der Waals surface area contributed by atoms with E-state index in [-0.39, 0.29) is 19.3 Å². The van der Waals surface area contributed by atoms with E-state index in [9.17, 15) is 29.1 Å². The minimum Gasteiger partial charge on any atom is -0.480 e. The van der Waals surface area contributed by atoms with E-state index in [1.807, 2.05) is 36.8 Å². The molecule has 0 radical (unpaired) electrons. The van der Waals surface area contributed by atoms with Gasteiger partial charge in [0.2, 0.25) is 23.6 Å². The number of carboxylic acid groups (broad SMARTS) is 1. The molecule has 4 amide bonds. The molecule has 2 aromatic rings. The molecule has 0 bridgehead atoms. The summed E-state index contributed by atoms with van der Waals surface area (Å²) in [6.45, 7) is 0. The number of thioether (sulfide) groups is 2. The number of hydrogen-bond acceptors (Lipinski definition) is 8. The molecule has 2 rings (SSSR count). The number of H-pyrrole nitrogens is 1. The molecule has 0 fully saturated rings. The molecular weight excluding hydrogens is 556 g/mol. The lowest BCUT2D eigenvalue weighted by Gasteiger charge is -2.25. The van der Waals surface area contributed by atoms with Crippen molar-refractivity contribution in [2.45, 2.75) is 56.3 Å². The lowest BCUT2D eigenvalue weighted by Crippen LogP contribution is -2.57. The molecule has 4 atom stereocenters. The number of amides is 4. The zero-order valence-corrected chi connectivity index (χ0v) is 24.2. The molecular formula is C26H38N6O6S2. The molecule has 220 valence electrons. The van der Waals surface area contributed by atoms with Crippen LogP contribution in [0.25, 0.3) is 10.9 Å². The lowest BCUT2D eigenvalue weighted by molar-refractivity contribution is -0.142. The maximum atomic E-state index is 13.4. The van der Waals surface area contributed by atoms with Gasteiger partial charge in [-0.1, -0.05) is 18.2 Å². The summed E-state index contributed by atoms with van der Waals surface area (Å²) in [4.78, 5) is 65.5. The minimum absolute atomic E-state index is 0.0418. The number of aromatic amines is 1. The Hall–Kier alpha value is -3.23. The topological polar surface area (TPSA) is 209 Å². The molecule has 0 aliphatic carbocycles. The normalized spacial score (nSPS) is 14.1. The molecule has 0 spiro atoms. The molecule has 40 heavy (non-hydrogen) atoms. The van der Waals surface area contributed by atoms with E-state index < -0.39 is 53.8 Å². The summed E-state index contributed by atoms with van der Waals surface area (Å²) in [5.41, 5.74) is 12.7. The first kappa shape index (κ1) is 33.0. The Labute approximate surface area is 241 Å². The third-order valence-electron chi connectivity index (χ3n) is 6.24.